The van der Waals surface area contributed by atoms with Crippen molar-refractivity contribution < 1.29 is 174 Å². The predicted octanol–water partition coefficient (Wildman–Crippen LogP) is -9.00. The second-order valence-electron chi connectivity index (χ2n) is 8.17. The molecule has 0 bridgehead atoms. The molecule has 4 rings (SSSR count). The number of carbonyl (C=O) groups excluding carboxylic acids is 3. The molecule has 0 unspecified atom stereocenters. The fourth-order valence-electron chi connectivity index (χ4n) is 3.46. The van der Waals surface area contributed by atoms with Gasteiger partial charge in [0, 0.05) is 22.4 Å². The maximum atomic E-state index is 12.1. The Morgan fingerprint density at radius 1 is 0.646 bits per heavy atom. The quantitative estimate of drug-likeness (QED) is 0.0740. The first kappa shape index (κ1) is 48.5. The molecule has 4 aromatic rings. The van der Waals surface area contributed by atoms with Crippen LogP contribution in [0.15, 0.2) is 103 Å². The van der Waals surface area contributed by atoms with Crippen LogP contribution in [0.3, 0.4) is 0 Å². The van der Waals surface area contributed by atoms with E-state index in [0.717, 1.165) is 36.4 Å². The summed E-state index contributed by atoms with van der Waals surface area (Å²) in [6, 6.07) is 15.8. The van der Waals surface area contributed by atoms with Gasteiger partial charge in [0.05, 0.1) is 32.8 Å². The van der Waals surface area contributed by atoms with Crippen LogP contribution >= 0.6 is 0 Å². The number of nitrogens with zero attached hydrogens (tertiary/aromatic N) is 4. The molecule has 0 aliphatic carbocycles. The van der Waals surface area contributed by atoms with Gasteiger partial charge in [-0.1, -0.05) is 12.1 Å². The van der Waals surface area contributed by atoms with E-state index in [4.69, 9.17) is 9.59 Å². The Hall–Kier alpha value is -1.65. The monoisotopic (exact) mass is 730 g/mol. The maximum absolute atomic E-state index is 12.1. The summed E-state index contributed by atoms with van der Waals surface area (Å²) in [7, 11) is -10.5. The summed E-state index contributed by atoms with van der Waals surface area (Å²) >= 11 is 0. The van der Waals surface area contributed by atoms with Gasteiger partial charge in [-0.3, -0.25) is 0 Å². The second-order valence-corrected chi connectivity index (χ2v) is 10.9. The zero-order valence-corrected chi connectivity index (χ0v) is 35.1. The molecule has 226 valence electrons. The molecule has 2 N–H and O–H groups in total. The first-order valence-electron chi connectivity index (χ1n) is 11.4. The van der Waals surface area contributed by atoms with E-state index in [1.165, 1.54) is 36.4 Å². The number of carbonyl (C=O) groups is 1. The van der Waals surface area contributed by atoms with Gasteiger partial charge in [0.2, 0.25) is 0 Å². The molecule has 0 amide bonds. The van der Waals surface area contributed by atoms with Gasteiger partial charge in [-0.05, 0) is 48.2 Å². The normalized spacial score (nSPS) is 10.6. The van der Waals surface area contributed by atoms with Crippen molar-refractivity contribution in [2.75, 3.05) is 0 Å². The summed E-state index contributed by atoms with van der Waals surface area (Å²) < 4.78 is 72.6. The molecule has 0 saturated carbocycles. The van der Waals surface area contributed by atoms with Crippen molar-refractivity contribution >= 4 is 55.1 Å². The minimum absolute atomic E-state index is 0. The number of rotatable bonds is 8. The van der Waals surface area contributed by atoms with Gasteiger partial charge < -0.3 is 29.2 Å². The zero-order valence-electron chi connectivity index (χ0n) is 25.5. The van der Waals surface area contributed by atoms with Crippen molar-refractivity contribution in [2.24, 2.45) is 20.5 Å². The van der Waals surface area contributed by atoms with Crippen molar-refractivity contribution in [1.82, 2.24) is 0 Å². The van der Waals surface area contributed by atoms with Crippen LogP contribution in [-0.4, -0.2) is 48.3 Å². The van der Waals surface area contributed by atoms with Crippen LogP contribution in [0.2, 0.25) is 0 Å². The Labute approximate surface area is 361 Å². The summed E-state index contributed by atoms with van der Waals surface area (Å²) in [4.78, 5) is 25.5. The van der Waals surface area contributed by atoms with Crippen molar-refractivity contribution in [1.29, 1.82) is 0 Å². The summed E-state index contributed by atoms with van der Waals surface area (Å²) in [5.41, 5.74) is -1.53. The average molecular weight is 731 g/mol. The van der Waals surface area contributed by atoms with E-state index in [1.54, 1.807) is 0 Å². The van der Waals surface area contributed by atoms with Crippen LogP contribution in [0.25, 0.3) is 11.1 Å². The molecular weight excluding hydrogens is 716 g/mol. The number of aromatic hydroxyl groups is 2. The second kappa shape index (κ2) is 21.5. The van der Waals surface area contributed by atoms with Gasteiger partial charge in [0.15, 0.2) is 0 Å². The molecule has 0 heterocycles. The number of azo groups is 2. The van der Waals surface area contributed by atoms with Crippen LogP contribution in [0.5, 0.6) is 11.5 Å². The maximum Gasteiger partial charge on any atom is 1.00 e. The van der Waals surface area contributed by atoms with E-state index in [9.17, 15) is 46.1 Å². The van der Waals surface area contributed by atoms with Crippen LogP contribution in [0.1, 0.15) is 10.4 Å². The predicted molar refractivity (Wildman–Crippen MR) is 141 cm³/mol. The number of carboxylic acid groups (broad SMARTS) is 1. The van der Waals surface area contributed by atoms with Gasteiger partial charge in [0.1, 0.15) is 26.0 Å². The Morgan fingerprint density at radius 2 is 1.02 bits per heavy atom. The summed E-state index contributed by atoms with van der Waals surface area (Å²) in [5, 5.41) is 45.1. The minimum Gasteiger partial charge on any atom is -0.744 e. The molecular formula is C26H14N4Na4O12S2. The SMILES string of the molecule is O=C([O-])c1cc(N=Nc2ccc(-c3ccc(N=Nc4c[c-]c(O)cc4)cc3S(=O)(=O)[O-])c(S(=O)(=O)[O-])c2)ccc1O.O=C=O.[Na+].[Na+].[Na+].[Na+]. The molecule has 4 aromatic carbocycles. The molecule has 0 radical (unpaired) electrons. The molecule has 16 nitrogen and oxygen atoms in total. The largest absolute Gasteiger partial charge is 1.00 e. The van der Waals surface area contributed by atoms with E-state index < -0.39 is 58.4 Å². The van der Waals surface area contributed by atoms with E-state index >= 15 is 0 Å². The third-order valence-corrected chi connectivity index (χ3v) is 7.05. The summed E-state index contributed by atoms with van der Waals surface area (Å²) in [6.07, 6.45) is 0.250. The van der Waals surface area contributed by atoms with Gasteiger partial charge in [-0.2, -0.15) is 24.9 Å². The fraction of sp³-hybridized carbons (Fsp3) is 0. The standard InChI is InChI=1S/C25H17N4O10S2.CO2.4Na/c30-18-6-1-14(2-7-18)26-28-16-3-8-19(23(12-16)40(34,35)36)20-9-4-17(13-24(20)41(37,38)39)29-27-15-5-10-22(31)21(11-15)25(32)33;2-1-3;;;;/h1-6,8-13,30-31H,(H,32,33)(H,34,35,36)(H,37,38,39);;;;;/q-1;;4*+1/p-3. The molecule has 0 aromatic heterocycles. The van der Waals surface area contributed by atoms with Gasteiger partial charge in [0.25, 0.3) is 0 Å². The first-order chi connectivity index (χ1) is 20.6. The first-order valence-corrected chi connectivity index (χ1v) is 14.2. The Bertz CT molecular complexity index is 2060. The Morgan fingerprint density at radius 3 is 1.40 bits per heavy atom. The number of phenols is 2. The topological polar surface area (TPSA) is 279 Å². The molecule has 0 saturated heterocycles. The molecule has 0 fully saturated rings. The Balaban J connectivity index is 0. The summed E-state index contributed by atoms with van der Waals surface area (Å²) in [5.74, 6) is -2.41. The van der Waals surface area contributed by atoms with Crippen molar-refractivity contribution in [2.45, 2.75) is 9.79 Å². The Kier molecular flexibility index (Phi) is 21.7. The smallest absolute Gasteiger partial charge is 0.744 e. The minimum atomic E-state index is -5.27. The van der Waals surface area contributed by atoms with E-state index in [2.05, 4.69) is 26.5 Å². The van der Waals surface area contributed by atoms with Crippen LogP contribution < -0.4 is 123 Å². The molecule has 0 atom stereocenters. The molecule has 0 aliphatic rings. The molecule has 48 heavy (non-hydrogen) atoms. The zero-order chi connectivity index (χ0) is 32.7. The number of aromatic carboxylic acids is 1. The van der Waals surface area contributed by atoms with Gasteiger partial charge in [-0.25, -0.2) is 21.9 Å². The van der Waals surface area contributed by atoms with Crippen molar-refractivity contribution in [3.8, 4) is 22.6 Å². The number of phenolic OH excluding ortho intramolecular Hbond substituents is 1. The number of carboxylic acids is 1. The van der Waals surface area contributed by atoms with Crippen molar-refractivity contribution in [3.05, 3.63) is 84.4 Å². The van der Waals surface area contributed by atoms with E-state index in [1.807, 2.05) is 0 Å². The van der Waals surface area contributed by atoms with Crippen LogP contribution in [0, 0.1) is 6.07 Å². The van der Waals surface area contributed by atoms with Crippen LogP contribution in [-0.2, 0) is 29.8 Å². The average Bonchev–Trinajstić information content (AvgIpc) is 2.95. The third-order valence-electron chi connectivity index (χ3n) is 5.30. The molecule has 22 heteroatoms. The van der Waals surface area contributed by atoms with E-state index in [-0.39, 0.29) is 153 Å². The van der Waals surface area contributed by atoms with Gasteiger partial charge in [-0.15, -0.1) is 24.3 Å². The van der Waals surface area contributed by atoms with Gasteiger partial charge >= 0.3 is 124 Å². The van der Waals surface area contributed by atoms with Crippen molar-refractivity contribution in [3.63, 3.8) is 0 Å². The van der Waals surface area contributed by atoms with Crippen LogP contribution in [0.4, 0.5) is 22.7 Å². The third kappa shape index (κ3) is 13.9. The number of hydrogen-bond donors (Lipinski definition) is 2. The number of benzene rings is 4. The summed E-state index contributed by atoms with van der Waals surface area (Å²) in [6.45, 7) is 0. The molecule has 0 spiro atoms. The van der Waals surface area contributed by atoms with E-state index in [0.29, 0.717) is 0 Å². The molecule has 0 aliphatic heterocycles. The number of hydrogen-bond acceptors (Lipinski definition) is 16. The fourth-order valence-corrected chi connectivity index (χ4v) is 4.88.